The highest BCUT2D eigenvalue weighted by molar-refractivity contribution is 6.32. The zero-order valence-corrected chi connectivity index (χ0v) is 12.3. The van der Waals surface area contributed by atoms with Crippen LogP contribution in [0, 0.1) is 30.6 Å². The Kier molecular flexibility index (Phi) is 5.04. The van der Waals surface area contributed by atoms with Crippen LogP contribution in [0.4, 0.5) is 0 Å². The second-order valence-electron chi connectivity index (χ2n) is 5.32. The zero-order chi connectivity index (χ0) is 13.8. The van der Waals surface area contributed by atoms with Gasteiger partial charge in [-0.2, -0.15) is 5.26 Å². The van der Waals surface area contributed by atoms with Gasteiger partial charge in [0.1, 0.15) is 5.75 Å². The van der Waals surface area contributed by atoms with E-state index in [9.17, 15) is 0 Å². The van der Waals surface area contributed by atoms with Crippen LogP contribution in [0.3, 0.4) is 0 Å². The van der Waals surface area contributed by atoms with Crippen molar-refractivity contribution in [1.29, 1.82) is 5.26 Å². The van der Waals surface area contributed by atoms with Crippen LogP contribution < -0.4 is 4.74 Å². The van der Waals surface area contributed by atoms with Gasteiger partial charge in [-0.1, -0.05) is 11.6 Å². The average molecular weight is 266 g/mol. The smallest absolute Gasteiger partial charge is 0.119 e. The molecule has 0 radical (unpaired) electrons. The quantitative estimate of drug-likeness (QED) is 0.725. The molecular formula is C15H20ClNO. The first-order valence-corrected chi connectivity index (χ1v) is 6.54. The van der Waals surface area contributed by atoms with E-state index in [1.165, 1.54) is 0 Å². The molecule has 0 aliphatic carbocycles. The van der Waals surface area contributed by atoms with Gasteiger partial charge in [-0.15, -0.1) is 0 Å². The van der Waals surface area contributed by atoms with Crippen LogP contribution in [0.5, 0.6) is 5.75 Å². The molecule has 0 saturated heterocycles. The molecule has 1 aromatic carbocycles. The Hall–Kier alpha value is -1.20. The number of aryl methyl sites for hydroxylation is 2. The van der Waals surface area contributed by atoms with Crippen LogP contribution in [0.1, 0.15) is 37.8 Å². The molecular weight excluding hydrogens is 246 g/mol. The van der Waals surface area contributed by atoms with Crippen LogP contribution in [-0.2, 0) is 0 Å². The van der Waals surface area contributed by atoms with Gasteiger partial charge in [-0.05, 0) is 63.8 Å². The molecule has 0 amide bonds. The predicted molar refractivity (Wildman–Crippen MR) is 75.0 cm³/mol. The Morgan fingerprint density at radius 3 is 2.33 bits per heavy atom. The molecule has 0 bridgehead atoms. The molecule has 0 aliphatic heterocycles. The fraction of sp³-hybridized carbons (Fsp3) is 0.533. The summed E-state index contributed by atoms with van der Waals surface area (Å²) in [7, 11) is 0. The summed E-state index contributed by atoms with van der Waals surface area (Å²) in [6.45, 7) is 8.47. The summed E-state index contributed by atoms with van der Waals surface area (Å²) in [5.74, 6) is 0.851. The molecule has 0 fully saturated rings. The van der Waals surface area contributed by atoms with E-state index in [-0.39, 0.29) is 5.41 Å². The third kappa shape index (κ3) is 4.23. The minimum absolute atomic E-state index is 0.269. The number of nitrogens with zero attached hydrogens (tertiary/aromatic N) is 1. The lowest BCUT2D eigenvalue weighted by atomic mass is 9.90. The number of hydrogen-bond donors (Lipinski definition) is 0. The van der Waals surface area contributed by atoms with E-state index in [2.05, 4.69) is 6.07 Å². The predicted octanol–water partition coefficient (Wildman–Crippen LogP) is 4.67. The second-order valence-corrected chi connectivity index (χ2v) is 5.70. The number of rotatable bonds is 5. The van der Waals surface area contributed by atoms with Crippen molar-refractivity contribution in [3.05, 3.63) is 28.3 Å². The fourth-order valence-corrected chi connectivity index (χ4v) is 1.86. The lowest BCUT2D eigenvalue weighted by molar-refractivity contribution is 0.284. The van der Waals surface area contributed by atoms with Gasteiger partial charge in [-0.25, -0.2) is 0 Å². The number of benzene rings is 1. The highest BCUT2D eigenvalue weighted by atomic mass is 35.5. The zero-order valence-electron chi connectivity index (χ0n) is 11.5. The highest BCUT2D eigenvalue weighted by Gasteiger charge is 2.15. The van der Waals surface area contributed by atoms with Crippen molar-refractivity contribution in [2.75, 3.05) is 6.61 Å². The minimum atomic E-state index is -0.269. The van der Waals surface area contributed by atoms with Crippen molar-refractivity contribution < 1.29 is 4.74 Å². The maximum Gasteiger partial charge on any atom is 0.119 e. The van der Waals surface area contributed by atoms with Gasteiger partial charge in [0.2, 0.25) is 0 Å². The Balaban J connectivity index is 2.48. The van der Waals surface area contributed by atoms with Gasteiger partial charge in [-0.3, -0.25) is 0 Å². The first-order chi connectivity index (χ1) is 8.35. The largest absolute Gasteiger partial charge is 0.494 e. The SMILES string of the molecule is Cc1cc(OCCCC(C)(C)C#N)cc(C)c1Cl. The normalized spacial score (nSPS) is 11.1. The van der Waals surface area contributed by atoms with E-state index in [0.29, 0.717) is 6.61 Å². The van der Waals surface area contributed by atoms with Gasteiger partial charge in [0, 0.05) is 5.02 Å². The van der Waals surface area contributed by atoms with Crippen molar-refractivity contribution in [1.82, 2.24) is 0 Å². The van der Waals surface area contributed by atoms with E-state index in [0.717, 1.165) is 34.7 Å². The first-order valence-electron chi connectivity index (χ1n) is 6.16. The molecule has 0 atom stereocenters. The van der Waals surface area contributed by atoms with Gasteiger partial charge >= 0.3 is 0 Å². The van der Waals surface area contributed by atoms with Crippen molar-refractivity contribution in [2.45, 2.75) is 40.5 Å². The Morgan fingerprint density at radius 1 is 1.28 bits per heavy atom. The molecule has 0 aliphatic rings. The summed E-state index contributed by atoms with van der Waals surface area (Å²) < 4.78 is 5.69. The van der Waals surface area contributed by atoms with E-state index >= 15 is 0 Å². The van der Waals surface area contributed by atoms with Crippen LogP contribution >= 0.6 is 11.6 Å². The van der Waals surface area contributed by atoms with Crippen molar-refractivity contribution >= 4 is 11.6 Å². The monoisotopic (exact) mass is 265 g/mol. The van der Waals surface area contributed by atoms with E-state index < -0.39 is 0 Å². The molecule has 98 valence electrons. The Labute approximate surface area is 115 Å². The summed E-state index contributed by atoms with van der Waals surface area (Å²) >= 11 is 6.10. The van der Waals surface area contributed by atoms with Crippen LogP contribution in [0.2, 0.25) is 5.02 Å². The molecule has 1 aromatic rings. The summed E-state index contributed by atoms with van der Waals surface area (Å²) in [5, 5.41) is 9.71. The number of hydrogen-bond acceptors (Lipinski definition) is 2. The van der Waals surface area contributed by atoms with E-state index in [4.69, 9.17) is 21.6 Å². The van der Waals surface area contributed by atoms with Crippen LogP contribution in [0.25, 0.3) is 0 Å². The van der Waals surface area contributed by atoms with Gasteiger partial charge in [0.05, 0.1) is 18.1 Å². The van der Waals surface area contributed by atoms with Crippen molar-refractivity contribution in [3.8, 4) is 11.8 Å². The molecule has 18 heavy (non-hydrogen) atoms. The molecule has 0 saturated carbocycles. The average Bonchev–Trinajstić information content (AvgIpc) is 2.31. The molecule has 3 heteroatoms. The lowest BCUT2D eigenvalue weighted by Gasteiger charge is -2.15. The summed E-state index contributed by atoms with van der Waals surface area (Å²) in [5.41, 5.74) is 1.79. The van der Waals surface area contributed by atoms with Crippen molar-refractivity contribution in [3.63, 3.8) is 0 Å². The van der Waals surface area contributed by atoms with Gasteiger partial charge < -0.3 is 4.74 Å². The Bertz CT molecular complexity index is 437. The van der Waals surface area contributed by atoms with Gasteiger partial charge in [0.25, 0.3) is 0 Å². The molecule has 0 spiro atoms. The molecule has 0 heterocycles. The van der Waals surface area contributed by atoms with Crippen LogP contribution in [0.15, 0.2) is 12.1 Å². The molecule has 0 aromatic heterocycles. The minimum Gasteiger partial charge on any atom is -0.494 e. The molecule has 1 rings (SSSR count). The molecule has 2 nitrogen and oxygen atoms in total. The first kappa shape index (κ1) is 14.9. The third-order valence-corrected chi connectivity index (χ3v) is 3.52. The Morgan fingerprint density at radius 2 is 1.83 bits per heavy atom. The standard InChI is InChI=1S/C15H20ClNO/c1-11-8-13(9-12(2)14(11)16)18-7-5-6-15(3,4)10-17/h8-9H,5-7H2,1-4H3. The summed E-state index contributed by atoms with van der Waals surface area (Å²) in [6, 6.07) is 6.19. The van der Waals surface area contributed by atoms with Crippen molar-refractivity contribution in [2.24, 2.45) is 5.41 Å². The van der Waals surface area contributed by atoms with Crippen LogP contribution in [-0.4, -0.2) is 6.61 Å². The fourth-order valence-electron chi connectivity index (χ4n) is 1.75. The van der Waals surface area contributed by atoms with E-state index in [1.807, 2.05) is 39.8 Å². The summed E-state index contributed by atoms with van der Waals surface area (Å²) in [6.07, 6.45) is 1.72. The maximum atomic E-state index is 8.91. The molecule has 0 unspecified atom stereocenters. The van der Waals surface area contributed by atoms with E-state index in [1.54, 1.807) is 0 Å². The second kappa shape index (κ2) is 6.11. The number of halogens is 1. The topological polar surface area (TPSA) is 33.0 Å². The molecule has 0 N–H and O–H groups in total. The lowest BCUT2D eigenvalue weighted by Crippen LogP contribution is -2.10. The van der Waals surface area contributed by atoms with Gasteiger partial charge in [0.15, 0.2) is 0 Å². The maximum absolute atomic E-state index is 8.91. The summed E-state index contributed by atoms with van der Waals surface area (Å²) in [4.78, 5) is 0. The highest BCUT2D eigenvalue weighted by Crippen LogP contribution is 2.26. The third-order valence-electron chi connectivity index (χ3n) is 2.93. The number of nitriles is 1. The number of ether oxygens (including phenoxy) is 1.